The first kappa shape index (κ1) is 71.3. The number of benzene rings is 7. The first-order valence-electron chi connectivity index (χ1n) is 26.1. The van der Waals surface area contributed by atoms with E-state index in [-0.39, 0.29) is 105 Å². The Balaban J connectivity index is 0.000000271. The quantitative estimate of drug-likeness (QED) is 0.141. The Bertz CT molecular complexity index is 3530. The molecule has 10 nitrogen and oxygen atoms in total. The van der Waals surface area contributed by atoms with E-state index in [0.29, 0.717) is 0 Å². The van der Waals surface area contributed by atoms with Crippen molar-refractivity contribution in [2.75, 3.05) is 0 Å². The summed E-state index contributed by atoms with van der Waals surface area (Å²) in [5.74, 6) is 0. The van der Waals surface area contributed by atoms with E-state index >= 15 is 0 Å². The van der Waals surface area contributed by atoms with Gasteiger partial charge in [0.25, 0.3) is 0 Å². The number of para-hydroxylation sites is 3. The third-order valence-electron chi connectivity index (χ3n) is 12.8. The van der Waals surface area contributed by atoms with Crippen molar-refractivity contribution < 1.29 is 105 Å². The molecule has 0 saturated carbocycles. The topological polar surface area (TPSA) is 89.1 Å². The summed E-state index contributed by atoms with van der Waals surface area (Å²) in [4.78, 5) is 0. The Morgan fingerprint density at radius 3 is 1.07 bits per heavy atom. The van der Waals surface area contributed by atoms with Crippen LogP contribution in [0.3, 0.4) is 0 Å². The van der Waals surface area contributed by atoms with E-state index in [2.05, 4.69) is 146 Å². The van der Waals surface area contributed by atoms with Gasteiger partial charge in [-0.05, 0) is 111 Å². The van der Waals surface area contributed by atoms with E-state index in [0.717, 1.165) is 74.5 Å². The van der Waals surface area contributed by atoms with Crippen LogP contribution in [0.4, 0.5) is 0 Å². The molecule has 0 atom stereocenters. The van der Waals surface area contributed by atoms with E-state index in [1.165, 1.54) is 38.9 Å². The van der Waals surface area contributed by atoms with Crippen LogP contribution in [-0.2, 0) is 112 Å². The molecule has 12 rings (SSSR count). The number of aryl methyl sites for hydroxylation is 10. The van der Waals surface area contributed by atoms with Gasteiger partial charge in [-0.2, -0.15) is 146 Å². The van der Waals surface area contributed by atoms with Crippen LogP contribution in [-0.4, -0.2) is 48.9 Å². The maximum atomic E-state index is 4.68. The van der Waals surface area contributed by atoms with Crippen molar-refractivity contribution in [3.8, 4) is 50.8 Å². The first-order chi connectivity index (χ1) is 37.8. The van der Waals surface area contributed by atoms with Crippen LogP contribution in [0, 0.1) is 92.6 Å². The van der Waals surface area contributed by atoms with Gasteiger partial charge in [0.05, 0.1) is 28.5 Å². The maximum Gasteiger partial charge on any atom is 0.0955 e. The molecule has 83 heavy (non-hydrogen) atoms. The van der Waals surface area contributed by atoms with Crippen molar-refractivity contribution in [3.63, 3.8) is 0 Å². The largest absolute Gasteiger partial charge is 0.265 e. The smallest absolute Gasteiger partial charge is 0.0955 e. The van der Waals surface area contributed by atoms with Crippen molar-refractivity contribution in [1.29, 1.82) is 0 Å². The van der Waals surface area contributed by atoms with Crippen LogP contribution in [0.5, 0.6) is 0 Å². The predicted molar refractivity (Wildman–Crippen MR) is 315 cm³/mol. The molecule has 5 aromatic heterocycles. The van der Waals surface area contributed by atoms with Crippen LogP contribution in [0.25, 0.3) is 50.8 Å². The zero-order chi connectivity index (χ0) is 55.0. The van der Waals surface area contributed by atoms with Gasteiger partial charge in [0.1, 0.15) is 0 Å². The van der Waals surface area contributed by atoms with E-state index in [4.69, 9.17) is 0 Å². The fourth-order valence-corrected chi connectivity index (χ4v) is 8.23. The summed E-state index contributed by atoms with van der Waals surface area (Å²) >= 11 is 0. The molecule has 0 aliphatic carbocycles. The number of aromatic nitrogens is 10. The molecular weight excluding hydrogens is 1930 g/mol. The fourth-order valence-electron chi connectivity index (χ4n) is 8.23. The van der Waals surface area contributed by atoms with Gasteiger partial charge in [-0.3, -0.25) is 23.4 Å². The average Bonchev–Trinajstić information content (AvgIpc) is 4.36. The molecule has 7 aromatic carbocycles. The van der Waals surface area contributed by atoms with Gasteiger partial charge in [0.15, 0.2) is 0 Å². The summed E-state index contributed by atoms with van der Waals surface area (Å²) in [6.45, 7) is 20.6. The second-order valence-corrected chi connectivity index (χ2v) is 18.9. The minimum atomic E-state index is 0. The third kappa shape index (κ3) is 20.1. The SMILES string of the molecule is CCc1cn(-c2[c-]cccc2)nc1C.Cc1cc[c-]c(-n2cc(-c3ccccc3)c(C)n2)c1.Cc1cc[c-]c(-n2cc(C)c(-c3ccccc3)n2)c1.Cc1cn(-c2[c-]cccc2)nc1C.Cc1cn(-c2[c-]cccc2)nc1C.[Pt].[Pt].[Pt].[Pt].[Pt]. The number of hydrogen-bond donors (Lipinski definition) is 0. The van der Waals surface area contributed by atoms with Crippen molar-refractivity contribution in [2.24, 2.45) is 0 Å². The summed E-state index contributed by atoms with van der Waals surface area (Å²) in [6.07, 6.45) is 11.2. The second kappa shape index (κ2) is 35.4. The Kier molecular flexibility index (Phi) is 30.4. The molecule has 442 valence electrons. The average molecular weight is 2000 g/mol. The normalized spacial score (nSPS) is 9.86. The second-order valence-electron chi connectivity index (χ2n) is 18.9. The molecule has 0 aliphatic heterocycles. The van der Waals surface area contributed by atoms with Gasteiger partial charge in [-0.25, -0.2) is 0 Å². The van der Waals surface area contributed by atoms with Crippen LogP contribution in [0.1, 0.15) is 63.1 Å². The zero-order valence-corrected chi connectivity index (χ0v) is 59.2. The third-order valence-corrected chi connectivity index (χ3v) is 12.8. The predicted octanol–water partition coefficient (Wildman–Crippen LogP) is 15.0. The van der Waals surface area contributed by atoms with E-state index in [1.54, 1.807) is 0 Å². The number of nitrogens with zero attached hydrogens (tertiary/aromatic N) is 10. The monoisotopic (exact) mass is 2000 g/mol. The number of rotatable bonds is 8. The Morgan fingerprint density at radius 1 is 0.325 bits per heavy atom. The molecule has 12 aromatic rings. The summed E-state index contributed by atoms with van der Waals surface area (Å²) in [7, 11) is 0. The molecule has 0 bridgehead atoms. The van der Waals surface area contributed by atoms with Crippen molar-refractivity contribution in [1.82, 2.24) is 48.9 Å². The molecule has 5 heterocycles. The summed E-state index contributed by atoms with van der Waals surface area (Å²) < 4.78 is 9.37. The molecule has 0 aliphatic rings. The van der Waals surface area contributed by atoms with Gasteiger partial charge < -0.3 is 0 Å². The van der Waals surface area contributed by atoms with Gasteiger partial charge in [0.2, 0.25) is 0 Å². The van der Waals surface area contributed by atoms with Gasteiger partial charge in [-0.15, -0.1) is 30.3 Å². The Hall–Kier alpha value is -5.97. The van der Waals surface area contributed by atoms with Crippen molar-refractivity contribution in [2.45, 2.75) is 75.7 Å². The Morgan fingerprint density at radius 2 is 0.687 bits per heavy atom. The molecular formula is C68H65N10Pt5-5. The number of hydrogen-bond acceptors (Lipinski definition) is 5. The van der Waals surface area contributed by atoms with Crippen LogP contribution in [0.15, 0.2) is 201 Å². The zero-order valence-electron chi connectivity index (χ0n) is 47.8. The van der Waals surface area contributed by atoms with E-state index < -0.39 is 0 Å². The molecule has 0 saturated heterocycles. The van der Waals surface area contributed by atoms with Gasteiger partial charge in [0, 0.05) is 147 Å². The Labute approximate surface area is 562 Å². The van der Waals surface area contributed by atoms with Crippen molar-refractivity contribution in [3.05, 3.63) is 287 Å². The van der Waals surface area contributed by atoms with Gasteiger partial charge in [-0.1, -0.05) is 81.4 Å². The summed E-state index contributed by atoms with van der Waals surface area (Å²) in [6, 6.07) is 72.0. The van der Waals surface area contributed by atoms with Crippen LogP contribution < -0.4 is 0 Å². The van der Waals surface area contributed by atoms with Crippen LogP contribution >= 0.6 is 0 Å². The molecule has 0 fully saturated rings. The van der Waals surface area contributed by atoms with Crippen molar-refractivity contribution >= 4 is 0 Å². The van der Waals surface area contributed by atoms with Gasteiger partial charge >= 0.3 is 0 Å². The molecule has 15 heteroatoms. The molecule has 0 N–H and O–H groups in total. The first-order valence-corrected chi connectivity index (χ1v) is 26.1. The minimum absolute atomic E-state index is 0. The summed E-state index contributed by atoms with van der Waals surface area (Å²) in [5.41, 5.74) is 21.0. The molecule has 0 amide bonds. The maximum absolute atomic E-state index is 4.68. The molecule has 0 unspecified atom stereocenters. The fraction of sp³-hybridized carbons (Fsp3) is 0.162. The standard InChI is InChI=1S/2C17H15N2.C12H13N2.2C11H11N2.5Pt/c1-13-7-6-10-16(11-13)19-12-17(14(2)18-19)15-8-4-3-5-9-15;1-13-7-6-10-16(11-13)19-12-14(2)17(18-19)15-8-4-3-5-9-15;1-3-11-9-14(13-10(11)2)12-7-5-4-6-8-12;2*1-9-8-13(12-10(9)2)11-6-4-3-5-7-11;;;;;/h2*3-9,11-12H,1-2H3;4-7,9H,3H2,1-2H3;2*3-6,8H,1-2H3;;;;;/q5*-1;;;;;. The minimum Gasteiger partial charge on any atom is -0.265 e. The molecule has 0 radical (unpaired) electrons. The summed E-state index contributed by atoms with van der Waals surface area (Å²) in [5, 5.41) is 22.4. The van der Waals surface area contributed by atoms with E-state index in [9.17, 15) is 0 Å². The van der Waals surface area contributed by atoms with Crippen LogP contribution in [0.2, 0.25) is 0 Å². The molecule has 0 spiro atoms. The van der Waals surface area contributed by atoms with E-state index in [1.807, 2.05) is 203 Å².